The van der Waals surface area contributed by atoms with Crippen LogP contribution in [-0.2, 0) is 0 Å². The Bertz CT molecular complexity index is 1180. The summed E-state index contributed by atoms with van der Waals surface area (Å²) < 4.78 is 2.40. The molecule has 118 valence electrons. The van der Waals surface area contributed by atoms with E-state index in [0.717, 1.165) is 21.5 Å². The van der Waals surface area contributed by atoms with Gasteiger partial charge in [-0.1, -0.05) is 72.8 Å². The number of fused-ring (bicyclic) bond motifs is 3. The molecule has 0 aliphatic heterocycles. The summed E-state index contributed by atoms with van der Waals surface area (Å²) in [5, 5.41) is 1.20. The summed E-state index contributed by atoms with van der Waals surface area (Å²) in [6.45, 7) is 0. The Kier molecular flexibility index (Phi) is 3.32. The number of aromatic nitrogens is 2. The topological polar surface area (TPSA) is 25.8 Å². The molecule has 0 fully saturated rings. The number of thiophene rings is 1. The minimum atomic E-state index is 1.01. The predicted octanol–water partition coefficient (Wildman–Crippen LogP) is 6.18. The van der Waals surface area contributed by atoms with Crippen molar-refractivity contribution < 1.29 is 0 Å². The molecule has 0 atom stereocenters. The van der Waals surface area contributed by atoms with E-state index in [1.165, 1.54) is 21.2 Å². The lowest BCUT2D eigenvalue weighted by atomic mass is 10.0. The van der Waals surface area contributed by atoms with Gasteiger partial charge in [-0.05, 0) is 17.2 Å². The molecular formula is C22H14N2S. The average Bonchev–Trinajstić information content (AvgIpc) is 3.08. The monoisotopic (exact) mass is 338 g/mol. The van der Waals surface area contributed by atoms with Crippen LogP contribution in [0.1, 0.15) is 0 Å². The van der Waals surface area contributed by atoms with Crippen LogP contribution in [0.15, 0.2) is 85.2 Å². The normalized spacial score (nSPS) is 11.2. The molecule has 0 saturated heterocycles. The average molecular weight is 338 g/mol. The molecular weight excluding hydrogens is 324 g/mol. The highest BCUT2D eigenvalue weighted by atomic mass is 32.1. The molecule has 0 spiro atoms. The zero-order valence-electron chi connectivity index (χ0n) is 13.4. The van der Waals surface area contributed by atoms with Crippen LogP contribution in [0.4, 0.5) is 0 Å². The van der Waals surface area contributed by atoms with Gasteiger partial charge in [0, 0.05) is 15.6 Å². The third-order valence-corrected chi connectivity index (χ3v) is 5.59. The second-order valence-corrected chi connectivity index (χ2v) is 6.99. The Hall–Kier alpha value is -3.04. The Morgan fingerprint density at radius 1 is 0.600 bits per heavy atom. The smallest absolute Gasteiger partial charge is 0.116 e. The highest BCUT2D eigenvalue weighted by Crippen LogP contribution is 2.37. The molecule has 5 aromatic rings. The maximum atomic E-state index is 4.57. The van der Waals surface area contributed by atoms with Crippen LogP contribution in [0.3, 0.4) is 0 Å². The molecule has 0 unspecified atom stereocenters. The van der Waals surface area contributed by atoms with Crippen LogP contribution in [0.2, 0.25) is 0 Å². The Morgan fingerprint density at radius 2 is 1.28 bits per heavy atom. The SMILES string of the molecule is c1ccc(-c2ccc(-c3ncnc4c3sc3ccccc34)cc2)cc1. The van der Waals surface area contributed by atoms with Gasteiger partial charge in [-0.2, -0.15) is 0 Å². The number of hydrogen-bond acceptors (Lipinski definition) is 3. The van der Waals surface area contributed by atoms with Crippen molar-refractivity contribution >= 4 is 31.6 Å². The molecule has 3 heteroatoms. The first-order valence-electron chi connectivity index (χ1n) is 8.18. The lowest BCUT2D eigenvalue weighted by Crippen LogP contribution is -1.86. The second kappa shape index (κ2) is 5.80. The van der Waals surface area contributed by atoms with E-state index in [1.54, 1.807) is 17.7 Å². The largest absolute Gasteiger partial charge is 0.235 e. The predicted molar refractivity (Wildman–Crippen MR) is 106 cm³/mol. The van der Waals surface area contributed by atoms with Crippen LogP contribution in [-0.4, -0.2) is 9.97 Å². The van der Waals surface area contributed by atoms with E-state index in [2.05, 4.69) is 82.8 Å². The van der Waals surface area contributed by atoms with Gasteiger partial charge in [0.2, 0.25) is 0 Å². The van der Waals surface area contributed by atoms with Crippen molar-refractivity contribution in [2.75, 3.05) is 0 Å². The number of nitrogens with zero attached hydrogens (tertiary/aromatic N) is 2. The van der Waals surface area contributed by atoms with Crippen molar-refractivity contribution in [1.29, 1.82) is 0 Å². The first kappa shape index (κ1) is 14.3. The molecule has 25 heavy (non-hydrogen) atoms. The third-order valence-electron chi connectivity index (χ3n) is 4.42. The maximum absolute atomic E-state index is 4.57. The quantitative estimate of drug-likeness (QED) is 0.384. The zero-order chi connectivity index (χ0) is 16.6. The highest BCUT2D eigenvalue weighted by Gasteiger charge is 2.12. The number of hydrogen-bond donors (Lipinski definition) is 0. The molecule has 0 N–H and O–H groups in total. The molecule has 3 aromatic carbocycles. The van der Waals surface area contributed by atoms with Gasteiger partial charge in [-0.3, -0.25) is 0 Å². The summed E-state index contributed by atoms with van der Waals surface area (Å²) in [6.07, 6.45) is 1.67. The summed E-state index contributed by atoms with van der Waals surface area (Å²) in [5.74, 6) is 0. The van der Waals surface area contributed by atoms with Crippen molar-refractivity contribution in [3.63, 3.8) is 0 Å². The van der Waals surface area contributed by atoms with E-state index in [0.29, 0.717) is 0 Å². The van der Waals surface area contributed by atoms with E-state index in [9.17, 15) is 0 Å². The molecule has 0 bridgehead atoms. The highest BCUT2D eigenvalue weighted by molar-refractivity contribution is 7.26. The lowest BCUT2D eigenvalue weighted by Gasteiger charge is -2.05. The zero-order valence-corrected chi connectivity index (χ0v) is 14.2. The number of benzene rings is 3. The molecule has 2 heterocycles. The first-order valence-corrected chi connectivity index (χ1v) is 9.00. The first-order chi connectivity index (χ1) is 12.4. The molecule has 0 aliphatic rings. The van der Waals surface area contributed by atoms with Crippen molar-refractivity contribution in [1.82, 2.24) is 9.97 Å². The van der Waals surface area contributed by atoms with Crippen LogP contribution < -0.4 is 0 Å². The van der Waals surface area contributed by atoms with Crippen molar-refractivity contribution in [3.05, 3.63) is 85.2 Å². The third kappa shape index (κ3) is 2.41. The minimum Gasteiger partial charge on any atom is -0.235 e. The molecule has 2 nitrogen and oxygen atoms in total. The van der Waals surface area contributed by atoms with Crippen molar-refractivity contribution in [2.24, 2.45) is 0 Å². The fourth-order valence-corrected chi connectivity index (χ4v) is 4.35. The molecule has 0 amide bonds. The summed E-state index contributed by atoms with van der Waals surface area (Å²) in [5.41, 5.74) is 5.61. The van der Waals surface area contributed by atoms with Gasteiger partial charge in [0.05, 0.1) is 15.9 Å². The maximum Gasteiger partial charge on any atom is 0.116 e. The van der Waals surface area contributed by atoms with E-state index in [1.807, 2.05) is 6.07 Å². The van der Waals surface area contributed by atoms with Gasteiger partial charge >= 0.3 is 0 Å². The summed E-state index contributed by atoms with van der Waals surface area (Å²) in [7, 11) is 0. The summed E-state index contributed by atoms with van der Waals surface area (Å²) in [4.78, 5) is 9.09. The Balaban J connectivity index is 1.66. The van der Waals surface area contributed by atoms with E-state index >= 15 is 0 Å². The Labute approximate surface area is 149 Å². The van der Waals surface area contributed by atoms with Crippen molar-refractivity contribution in [2.45, 2.75) is 0 Å². The molecule has 5 rings (SSSR count). The van der Waals surface area contributed by atoms with E-state index < -0.39 is 0 Å². The van der Waals surface area contributed by atoms with Gasteiger partial charge < -0.3 is 0 Å². The van der Waals surface area contributed by atoms with Gasteiger partial charge in [-0.25, -0.2) is 9.97 Å². The van der Waals surface area contributed by atoms with Crippen LogP contribution in [0.5, 0.6) is 0 Å². The molecule has 0 saturated carbocycles. The van der Waals surface area contributed by atoms with Crippen LogP contribution in [0, 0.1) is 0 Å². The van der Waals surface area contributed by atoms with Crippen LogP contribution >= 0.6 is 11.3 Å². The van der Waals surface area contributed by atoms with Crippen LogP contribution in [0.25, 0.3) is 42.7 Å². The molecule has 0 aliphatic carbocycles. The van der Waals surface area contributed by atoms with Crippen molar-refractivity contribution in [3.8, 4) is 22.4 Å². The molecule has 0 radical (unpaired) electrons. The standard InChI is InChI=1S/C22H14N2S/c1-2-6-15(7-3-1)16-10-12-17(13-11-16)20-22-21(24-14-23-20)18-8-4-5-9-19(18)25-22/h1-14H. The number of rotatable bonds is 2. The van der Waals surface area contributed by atoms with Gasteiger partial charge in [-0.15, -0.1) is 11.3 Å². The Morgan fingerprint density at radius 3 is 2.12 bits per heavy atom. The molecule has 2 aromatic heterocycles. The summed E-state index contributed by atoms with van der Waals surface area (Å²) in [6, 6.07) is 27.4. The van der Waals surface area contributed by atoms with E-state index in [4.69, 9.17) is 0 Å². The fraction of sp³-hybridized carbons (Fsp3) is 0. The van der Waals surface area contributed by atoms with Gasteiger partial charge in [0.25, 0.3) is 0 Å². The summed E-state index contributed by atoms with van der Waals surface area (Å²) >= 11 is 1.76. The van der Waals surface area contributed by atoms with Gasteiger partial charge in [0.1, 0.15) is 6.33 Å². The lowest BCUT2D eigenvalue weighted by molar-refractivity contribution is 1.24. The second-order valence-electron chi connectivity index (χ2n) is 5.94. The van der Waals surface area contributed by atoms with Gasteiger partial charge in [0.15, 0.2) is 0 Å². The fourth-order valence-electron chi connectivity index (χ4n) is 3.18. The van der Waals surface area contributed by atoms with E-state index in [-0.39, 0.29) is 0 Å². The minimum absolute atomic E-state index is 1.01.